The van der Waals surface area contributed by atoms with Gasteiger partial charge in [-0.2, -0.15) is 8.78 Å². The molecule has 0 fully saturated rings. The Morgan fingerprint density at radius 1 is 0.833 bits per heavy atom. The number of para-hydroxylation sites is 2. The molecule has 0 N–H and O–H groups in total. The number of hydrogen-bond acceptors (Lipinski definition) is 3. The van der Waals surface area contributed by atoms with Crippen LogP contribution in [-0.4, -0.2) is 18.4 Å². The van der Waals surface area contributed by atoms with E-state index in [0.717, 1.165) is 10.5 Å². The van der Waals surface area contributed by atoms with Gasteiger partial charge in [0.1, 0.15) is 5.75 Å². The molecule has 0 saturated heterocycles. The Balaban J connectivity index is 1.91. The smallest absolute Gasteiger partial charge is 0.387 e. The van der Waals surface area contributed by atoms with Gasteiger partial charge in [0.05, 0.1) is 5.69 Å². The third-order valence-corrected chi connectivity index (χ3v) is 4.88. The lowest BCUT2D eigenvalue weighted by atomic mass is 9.91. The fourth-order valence-electron chi connectivity index (χ4n) is 3.48. The van der Waals surface area contributed by atoms with Crippen molar-refractivity contribution in [1.29, 1.82) is 0 Å². The van der Waals surface area contributed by atoms with Crippen LogP contribution in [0.3, 0.4) is 0 Å². The molecule has 4 nitrogen and oxygen atoms in total. The van der Waals surface area contributed by atoms with Gasteiger partial charge in [0.2, 0.25) is 0 Å². The number of amides is 2. The Bertz CT molecular complexity index is 1170. The highest BCUT2D eigenvalue weighted by Gasteiger charge is 2.36. The molecule has 6 heteroatoms. The number of nitrogens with zero attached hydrogens (tertiary/aromatic N) is 1. The lowest BCUT2D eigenvalue weighted by molar-refractivity contribution is -0.112. The Morgan fingerprint density at radius 2 is 1.47 bits per heavy atom. The molecule has 0 bridgehead atoms. The number of aryl methyl sites for hydroxylation is 1. The Kier molecular flexibility index (Phi) is 5.14. The second-order valence-corrected chi connectivity index (χ2v) is 6.75. The number of benzene rings is 3. The monoisotopic (exact) mass is 405 g/mol. The molecule has 0 atom stereocenters. The van der Waals surface area contributed by atoms with Gasteiger partial charge in [0.15, 0.2) is 0 Å². The minimum Gasteiger partial charge on any atom is -0.434 e. The van der Waals surface area contributed by atoms with Crippen molar-refractivity contribution in [2.24, 2.45) is 0 Å². The number of imide groups is 1. The van der Waals surface area contributed by atoms with Crippen LogP contribution in [0, 0.1) is 6.92 Å². The molecule has 0 unspecified atom stereocenters. The summed E-state index contributed by atoms with van der Waals surface area (Å²) in [5.74, 6) is -1.01. The topological polar surface area (TPSA) is 46.6 Å². The molecule has 0 aliphatic carbocycles. The summed E-state index contributed by atoms with van der Waals surface area (Å²) in [7, 11) is 0. The van der Waals surface area contributed by atoms with Gasteiger partial charge in [0.25, 0.3) is 11.8 Å². The van der Waals surface area contributed by atoms with Crippen molar-refractivity contribution >= 4 is 29.2 Å². The maximum atomic E-state index is 13.4. The van der Waals surface area contributed by atoms with E-state index in [9.17, 15) is 18.4 Å². The largest absolute Gasteiger partial charge is 0.434 e. The van der Waals surface area contributed by atoms with Gasteiger partial charge in [-0.05, 0) is 42.3 Å². The summed E-state index contributed by atoms with van der Waals surface area (Å²) in [6, 6.07) is 20.0. The first-order valence-electron chi connectivity index (χ1n) is 9.26. The normalized spacial score (nSPS) is 14.9. The summed E-state index contributed by atoms with van der Waals surface area (Å²) < 4.78 is 30.2. The molecule has 0 aromatic heterocycles. The molecule has 0 spiro atoms. The molecule has 2 amide bonds. The molecule has 150 valence electrons. The van der Waals surface area contributed by atoms with Gasteiger partial charge in [-0.25, -0.2) is 4.90 Å². The second-order valence-electron chi connectivity index (χ2n) is 6.75. The van der Waals surface area contributed by atoms with Crippen LogP contribution < -0.4 is 9.64 Å². The lowest BCUT2D eigenvalue weighted by Gasteiger charge is -2.29. The summed E-state index contributed by atoms with van der Waals surface area (Å²) >= 11 is 0. The summed E-state index contributed by atoms with van der Waals surface area (Å²) in [5.41, 5.74) is 2.58. The quantitative estimate of drug-likeness (QED) is 0.436. The van der Waals surface area contributed by atoms with Crippen molar-refractivity contribution in [3.05, 3.63) is 95.1 Å². The van der Waals surface area contributed by atoms with Crippen molar-refractivity contribution in [3.8, 4) is 5.75 Å². The van der Waals surface area contributed by atoms with Crippen molar-refractivity contribution in [2.45, 2.75) is 13.5 Å². The zero-order valence-electron chi connectivity index (χ0n) is 16.0. The first kappa shape index (κ1) is 19.5. The van der Waals surface area contributed by atoms with Crippen LogP contribution in [0.1, 0.15) is 27.0 Å². The predicted molar refractivity (Wildman–Crippen MR) is 110 cm³/mol. The van der Waals surface area contributed by atoms with E-state index < -0.39 is 18.4 Å². The zero-order chi connectivity index (χ0) is 21.3. The average molecular weight is 405 g/mol. The third kappa shape index (κ3) is 3.48. The standard InChI is InChI=1S/C24H17F2NO3/c1-15-8-2-6-12-20(15)27-22(28)18-11-5-4-10-17(18)19(23(27)29)14-16-9-3-7-13-21(16)30-24(25)26/h2-14,24H,1H3/b19-14-. The maximum absolute atomic E-state index is 13.4. The van der Waals surface area contributed by atoms with E-state index in [4.69, 9.17) is 0 Å². The zero-order valence-corrected chi connectivity index (χ0v) is 16.0. The second kappa shape index (κ2) is 7.91. The van der Waals surface area contributed by atoms with Crippen molar-refractivity contribution in [1.82, 2.24) is 0 Å². The van der Waals surface area contributed by atoms with E-state index in [1.807, 2.05) is 19.1 Å². The van der Waals surface area contributed by atoms with Gasteiger partial charge in [-0.3, -0.25) is 9.59 Å². The van der Waals surface area contributed by atoms with Gasteiger partial charge in [-0.1, -0.05) is 54.6 Å². The molecule has 1 aliphatic heterocycles. The molecule has 0 radical (unpaired) electrons. The van der Waals surface area contributed by atoms with Crippen LogP contribution in [-0.2, 0) is 4.79 Å². The molecule has 1 aliphatic rings. The maximum Gasteiger partial charge on any atom is 0.387 e. The number of carbonyl (C=O) groups is 2. The minimum atomic E-state index is -3.00. The van der Waals surface area contributed by atoms with Crippen LogP contribution in [0.2, 0.25) is 0 Å². The van der Waals surface area contributed by atoms with Gasteiger partial charge in [-0.15, -0.1) is 0 Å². The molecular weight excluding hydrogens is 388 g/mol. The molecular formula is C24H17F2NO3. The van der Waals surface area contributed by atoms with Crippen LogP contribution in [0.4, 0.5) is 14.5 Å². The number of anilines is 1. The highest BCUT2D eigenvalue weighted by Crippen LogP contribution is 2.35. The van der Waals surface area contributed by atoms with Crippen molar-refractivity contribution < 1.29 is 23.1 Å². The third-order valence-electron chi connectivity index (χ3n) is 4.88. The Morgan fingerprint density at radius 3 is 2.20 bits per heavy atom. The minimum absolute atomic E-state index is 0.0513. The molecule has 3 aromatic rings. The predicted octanol–water partition coefficient (Wildman–Crippen LogP) is 5.32. The number of halogens is 2. The van der Waals surface area contributed by atoms with Crippen LogP contribution in [0.5, 0.6) is 5.75 Å². The summed E-state index contributed by atoms with van der Waals surface area (Å²) in [5, 5.41) is 0. The molecule has 30 heavy (non-hydrogen) atoms. The number of hydrogen-bond donors (Lipinski definition) is 0. The number of carbonyl (C=O) groups excluding carboxylic acids is 2. The van der Waals surface area contributed by atoms with E-state index in [1.54, 1.807) is 54.6 Å². The summed E-state index contributed by atoms with van der Waals surface area (Å²) in [6.07, 6.45) is 1.48. The van der Waals surface area contributed by atoms with Crippen LogP contribution >= 0.6 is 0 Å². The molecule has 0 saturated carbocycles. The lowest BCUT2D eigenvalue weighted by Crippen LogP contribution is -2.42. The van der Waals surface area contributed by atoms with Crippen LogP contribution in [0.15, 0.2) is 72.8 Å². The number of rotatable bonds is 4. The van der Waals surface area contributed by atoms with E-state index in [0.29, 0.717) is 22.4 Å². The first-order chi connectivity index (χ1) is 14.5. The van der Waals surface area contributed by atoms with E-state index in [1.165, 1.54) is 12.1 Å². The SMILES string of the molecule is Cc1ccccc1N1C(=O)/C(=C\c2ccccc2OC(F)F)c2ccccc2C1=O. The molecule has 3 aromatic carbocycles. The van der Waals surface area contributed by atoms with Crippen molar-refractivity contribution in [3.63, 3.8) is 0 Å². The molecule has 4 rings (SSSR count). The number of ether oxygens (including phenoxy) is 1. The highest BCUT2D eigenvalue weighted by atomic mass is 19.3. The Hall–Kier alpha value is -3.80. The average Bonchev–Trinajstić information content (AvgIpc) is 2.73. The number of fused-ring (bicyclic) bond motifs is 1. The van der Waals surface area contributed by atoms with Gasteiger partial charge < -0.3 is 4.74 Å². The summed E-state index contributed by atoms with van der Waals surface area (Å²) in [6.45, 7) is -1.19. The van der Waals surface area contributed by atoms with E-state index in [2.05, 4.69) is 4.74 Å². The summed E-state index contributed by atoms with van der Waals surface area (Å²) in [4.78, 5) is 27.7. The number of alkyl halides is 2. The molecule has 1 heterocycles. The van der Waals surface area contributed by atoms with E-state index in [-0.39, 0.29) is 11.3 Å². The van der Waals surface area contributed by atoms with Gasteiger partial charge >= 0.3 is 6.61 Å². The van der Waals surface area contributed by atoms with E-state index >= 15 is 0 Å². The fraction of sp³-hybridized carbons (Fsp3) is 0.0833. The highest BCUT2D eigenvalue weighted by molar-refractivity contribution is 6.43. The van der Waals surface area contributed by atoms with Crippen molar-refractivity contribution in [2.75, 3.05) is 4.90 Å². The van der Waals surface area contributed by atoms with Gasteiger partial charge in [0, 0.05) is 16.7 Å². The fourth-order valence-corrected chi connectivity index (χ4v) is 3.48. The van der Waals surface area contributed by atoms with Crippen LogP contribution in [0.25, 0.3) is 11.6 Å². The Labute approximate surface area is 172 Å². The first-order valence-corrected chi connectivity index (χ1v) is 9.26.